The first-order valence-corrected chi connectivity index (χ1v) is 12.5. The summed E-state index contributed by atoms with van der Waals surface area (Å²) >= 11 is 0. The number of rotatable bonds is 6. The van der Waals surface area contributed by atoms with Crippen LogP contribution in [0.25, 0.3) is 0 Å². The Bertz CT molecular complexity index is 1110. The van der Waals surface area contributed by atoms with Gasteiger partial charge in [-0.3, -0.25) is 19.3 Å². The van der Waals surface area contributed by atoms with Gasteiger partial charge in [-0.25, -0.2) is 0 Å². The number of hydrogen-bond acceptors (Lipinski definition) is 5. The van der Waals surface area contributed by atoms with Gasteiger partial charge in [0.2, 0.25) is 5.91 Å². The van der Waals surface area contributed by atoms with Crippen LogP contribution in [0, 0.1) is 12.8 Å². The lowest BCUT2D eigenvalue weighted by molar-refractivity contribution is -0.128. The third kappa shape index (κ3) is 5.09. The molecular weight excluding hydrogens is 458 g/mol. The van der Waals surface area contributed by atoms with Crippen LogP contribution < -0.4 is 10.1 Å². The molecule has 2 fully saturated rings. The van der Waals surface area contributed by atoms with E-state index in [0.717, 1.165) is 5.56 Å². The quantitative estimate of drug-likeness (QED) is 0.668. The van der Waals surface area contributed by atoms with Crippen molar-refractivity contribution in [1.29, 1.82) is 0 Å². The van der Waals surface area contributed by atoms with Crippen LogP contribution >= 0.6 is 0 Å². The van der Waals surface area contributed by atoms with E-state index >= 15 is 0 Å². The maximum Gasteiger partial charge on any atom is 0.257 e. The smallest absolute Gasteiger partial charge is 0.257 e. The summed E-state index contributed by atoms with van der Waals surface area (Å²) in [6, 6.07) is 13.7. The van der Waals surface area contributed by atoms with Gasteiger partial charge in [-0.1, -0.05) is 32.0 Å². The Labute approximate surface area is 212 Å². The fourth-order valence-electron chi connectivity index (χ4n) is 4.91. The third-order valence-corrected chi connectivity index (χ3v) is 7.01. The summed E-state index contributed by atoms with van der Waals surface area (Å²) in [5.41, 5.74) is 1.05. The predicted octanol–water partition coefficient (Wildman–Crippen LogP) is 3.25. The minimum atomic E-state index is -0.935. The Balaban J connectivity index is 1.56. The number of ether oxygens (including phenoxy) is 2. The molecule has 1 atom stereocenters. The average Bonchev–Trinajstić information content (AvgIpc) is 3.25. The van der Waals surface area contributed by atoms with Gasteiger partial charge in [0.05, 0.1) is 13.7 Å². The van der Waals surface area contributed by atoms with Gasteiger partial charge < -0.3 is 19.7 Å². The molecule has 0 radical (unpaired) electrons. The summed E-state index contributed by atoms with van der Waals surface area (Å²) in [5, 5.41) is 2.97. The van der Waals surface area contributed by atoms with Crippen molar-refractivity contribution in [3.63, 3.8) is 0 Å². The lowest BCUT2D eigenvalue weighted by atomic mass is 9.95. The number of likely N-dealkylation sites (tertiary alicyclic amines) is 1. The molecule has 0 saturated carbocycles. The molecule has 2 aliphatic rings. The van der Waals surface area contributed by atoms with Gasteiger partial charge in [0, 0.05) is 43.6 Å². The van der Waals surface area contributed by atoms with Crippen molar-refractivity contribution in [2.24, 2.45) is 5.92 Å². The van der Waals surface area contributed by atoms with Crippen LogP contribution in [0.3, 0.4) is 0 Å². The van der Waals surface area contributed by atoms with Crippen molar-refractivity contribution in [3.8, 4) is 5.75 Å². The maximum absolute atomic E-state index is 13.9. The topological polar surface area (TPSA) is 88.2 Å². The normalized spacial score (nSPS) is 19.0. The molecule has 2 saturated heterocycles. The Hall–Kier alpha value is -3.39. The predicted molar refractivity (Wildman–Crippen MR) is 136 cm³/mol. The van der Waals surface area contributed by atoms with Gasteiger partial charge in [-0.05, 0) is 48.7 Å². The largest absolute Gasteiger partial charge is 0.497 e. The van der Waals surface area contributed by atoms with E-state index in [2.05, 4.69) is 5.32 Å². The summed E-state index contributed by atoms with van der Waals surface area (Å²) in [7, 11) is 1.59. The van der Waals surface area contributed by atoms with Crippen LogP contribution in [0.5, 0.6) is 5.75 Å². The van der Waals surface area contributed by atoms with Crippen molar-refractivity contribution in [2.75, 3.05) is 33.4 Å². The SMILES string of the molecule is COc1ccc(C(=O)N2CCC3(CC2)OC[C@H](C(=O)NCC(C)C)N3C(=O)c2ccccc2C)cc1. The molecule has 2 aromatic rings. The highest BCUT2D eigenvalue weighted by molar-refractivity contribution is 5.99. The number of methoxy groups -OCH3 is 1. The molecule has 4 rings (SSSR count). The second kappa shape index (κ2) is 10.7. The summed E-state index contributed by atoms with van der Waals surface area (Å²) < 4.78 is 11.5. The molecule has 2 heterocycles. The number of benzene rings is 2. The molecule has 192 valence electrons. The molecule has 0 aromatic heterocycles. The first kappa shape index (κ1) is 25.7. The molecule has 8 heteroatoms. The average molecular weight is 494 g/mol. The van der Waals surface area contributed by atoms with Crippen LogP contribution in [0.15, 0.2) is 48.5 Å². The van der Waals surface area contributed by atoms with E-state index < -0.39 is 11.8 Å². The number of aryl methyl sites for hydroxylation is 1. The van der Waals surface area contributed by atoms with E-state index in [1.54, 1.807) is 47.2 Å². The number of hydrogen-bond donors (Lipinski definition) is 1. The molecular formula is C28H35N3O5. The molecule has 0 bridgehead atoms. The number of carbonyl (C=O) groups excluding carboxylic acids is 3. The summed E-state index contributed by atoms with van der Waals surface area (Å²) in [6.07, 6.45) is 0.862. The number of amides is 3. The highest BCUT2D eigenvalue weighted by Crippen LogP contribution is 2.39. The van der Waals surface area contributed by atoms with E-state index in [1.165, 1.54) is 0 Å². The van der Waals surface area contributed by atoms with Gasteiger partial charge in [0.1, 0.15) is 17.5 Å². The van der Waals surface area contributed by atoms with Gasteiger partial charge >= 0.3 is 0 Å². The van der Waals surface area contributed by atoms with Crippen LogP contribution in [-0.2, 0) is 9.53 Å². The van der Waals surface area contributed by atoms with Gasteiger partial charge in [0.25, 0.3) is 11.8 Å². The van der Waals surface area contributed by atoms with Gasteiger partial charge in [0.15, 0.2) is 0 Å². The van der Waals surface area contributed by atoms with Crippen LogP contribution in [-0.4, -0.2) is 72.6 Å². The van der Waals surface area contributed by atoms with Gasteiger partial charge in [-0.15, -0.1) is 0 Å². The van der Waals surface area contributed by atoms with E-state index in [9.17, 15) is 14.4 Å². The zero-order valence-corrected chi connectivity index (χ0v) is 21.5. The van der Waals surface area contributed by atoms with Crippen LogP contribution in [0.1, 0.15) is 53.0 Å². The standard InChI is InChI=1S/C28H35N3O5/c1-19(2)17-29-25(32)24-18-36-28(31(24)27(34)23-8-6-5-7-20(23)3)13-15-30(16-14-28)26(33)21-9-11-22(35-4)12-10-21/h5-12,19,24H,13-18H2,1-4H3,(H,29,32)/t24-/m1/s1. The Morgan fingerprint density at radius 2 is 1.72 bits per heavy atom. The summed E-state index contributed by atoms with van der Waals surface area (Å²) in [4.78, 5) is 43.5. The lowest BCUT2D eigenvalue weighted by Crippen LogP contribution is -2.60. The molecule has 8 nitrogen and oxygen atoms in total. The lowest BCUT2D eigenvalue weighted by Gasteiger charge is -2.44. The molecule has 0 aliphatic carbocycles. The first-order chi connectivity index (χ1) is 17.3. The van der Waals surface area contributed by atoms with Crippen molar-refractivity contribution in [2.45, 2.75) is 45.4 Å². The van der Waals surface area contributed by atoms with E-state index in [0.29, 0.717) is 49.4 Å². The molecule has 3 amide bonds. The van der Waals surface area contributed by atoms with Crippen molar-refractivity contribution < 1.29 is 23.9 Å². The Kier molecular flexibility index (Phi) is 7.64. The minimum Gasteiger partial charge on any atom is -0.497 e. The fraction of sp³-hybridized carbons (Fsp3) is 0.464. The van der Waals surface area contributed by atoms with E-state index in [-0.39, 0.29) is 30.2 Å². The second-order valence-corrected chi connectivity index (χ2v) is 9.92. The van der Waals surface area contributed by atoms with E-state index in [1.807, 2.05) is 39.0 Å². The second-order valence-electron chi connectivity index (χ2n) is 9.92. The molecule has 2 aliphatic heterocycles. The summed E-state index contributed by atoms with van der Waals surface area (Å²) in [6.45, 7) is 7.44. The zero-order valence-electron chi connectivity index (χ0n) is 21.5. The van der Waals surface area contributed by atoms with Gasteiger partial charge in [-0.2, -0.15) is 0 Å². The Morgan fingerprint density at radius 1 is 1.06 bits per heavy atom. The number of carbonyl (C=O) groups is 3. The minimum absolute atomic E-state index is 0.0755. The summed E-state index contributed by atoms with van der Waals surface area (Å²) in [5.74, 6) is 0.478. The molecule has 2 aromatic carbocycles. The van der Waals surface area contributed by atoms with Crippen LogP contribution in [0.2, 0.25) is 0 Å². The van der Waals surface area contributed by atoms with Crippen molar-refractivity contribution in [1.82, 2.24) is 15.1 Å². The number of piperidine rings is 1. The zero-order chi connectivity index (χ0) is 25.9. The molecule has 36 heavy (non-hydrogen) atoms. The molecule has 0 unspecified atom stereocenters. The monoisotopic (exact) mass is 493 g/mol. The maximum atomic E-state index is 13.9. The molecule has 1 spiro atoms. The highest BCUT2D eigenvalue weighted by Gasteiger charge is 2.54. The van der Waals surface area contributed by atoms with Crippen LogP contribution in [0.4, 0.5) is 0 Å². The number of nitrogens with one attached hydrogen (secondary N) is 1. The Morgan fingerprint density at radius 3 is 2.33 bits per heavy atom. The van der Waals surface area contributed by atoms with E-state index in [4.69, 9.17) is 9.47 Å². The molecule has 1 N–H and O–H groups in total. The van der Waals surface area contributed by atoms with Crippen molar-refractivity contribution in [3.05, 3.63) is 65.2 Å². The van der Waals surface area contributed by atoms with Crippen molar-refractivity contribution >= 4 is 17.7 Å². The first-order valence-electron chi connectivity index (χ1n) is 12.5. The highest BCUT2D eigenvalue weighted by atomic mass is 16.5. The fourth-order valence-corrected chi connectivity index (χ4v) is 4.91. The number of nitrogens with zero attached hydrogens (tertiary/aromatic N) is 2. The third-order valence-electron chi connectivity index (χ3n) is 7.01.